The van der Waals surface area contributed by atoms with Gasteiger partial charge in [0.05, 0.1) is 5.69 Å². The lowest BCUT2D eigenvalue weighted by atomic mass is 10.0. The van der Waals surface area contributed by atoms with Crippen molar-refractivity contribution in [2.24, 2.45) is 0 Å². The normalized spacial score (nSPS) is 12.2. The van der Waals surface area contributed by atoms with Gasteiger partial charge in [-0.3, -0.25) is 4.79 Å². The Morgan fingerprint density at radius 2 is 1.53 bits per heavy atom. The number of aliphatic carboxylic acids is 1. The monoisotopic (exact) mass is 624 g/mol. The molecule has 0 bridgehead atoms. The van der Waals surface area contributed by atoms with Crippen LogP contribution in [0.25, 0.3) is 11.3 Å². The molecule has 0 aliphatic carbocycles. The van der Waals surface area contributed by atoms with Crippen LogP contribution in [0.1, 0.15) is 35.4 Å². The predicted octanol–water partition coefficient (Wildman–Crippen LogP) is 7.63. The van der Waals surface area contributed by atoms with E-state index in [-0.39, 0.29) is 0 Å². The number of halogens is 1. The Labute approximate surface area is 266 Å². The first kappa shape index (κ1) is 31.3. The molecule has 230 valence electrons. The van der Waals surface area contributed by atoms with Gasteiger partial charge in [-0.05, 0) is 61.2 Å². The number of anilines is 2. The molecule has 1 aromatic heterocycles. The third-order valence-electron chi connectivity index (χ3n) is 7.25. The number of nitrogens with one attached hydrogen (secondary N) is 2. The number of aryl methyl sites for hydroxylation is 1. The second kappa shape index (κ2) is 14.6. The molecular formula is C35H33ClN4O5. The summed E-state index contributed by atoms with van der Waals surface area (Å²) in [5.74, 6) is -0.494. The molecule has 0 aliphatic heterocycles. The van der Waals surface area contributed by atoms with Gasteiger partial charge in [-0.15, -0.1) is 0 Å². The van der Waals surface area contributed by atoms with E-state index in [1.807, 2.05) is 104 Å². The molecular weight excluding hydrogens is 592 g/mol. The maximum absolute atomic E-state index is 13.1. The van der Waals surface area contributed by atoms with Crippen molar-refractivity contribution >= 4 is 35.0 Å². The lowest BCUT2D eigenvalue weighted by Gasteiger charge is -2.26. The molecule has 1 unspecified atom stereocenters. The maximum Gasteiger partial charge on any atom is 0.427 e. The lowest BCUT2D eigenvalue weighted by molar-refractivity contribution is -0.139. The van der Waals surface area contributed by atoms with Crippen molar-refractivity contribution in [2.45, 2.75) is 39.0 Å². The van der Waals surface area contributed by atoms with E-state index < -0.39 is 24.2 Å². The highest BCUT2D eigenvalue weighted by Gasteiger charge is 2.26. The molecule has 9 nitrogen and oxygen atoms in total. The minimum atomic E-state index is -0.937. The number of hydrazine groups is 1. The van der Waals surface area contributed by atoms with Crippen LogP contribution >= 0.6 is 11.6 Å². The molecule has 2 atom stereocenters. The van der Waals surface area contributed by atoms with E-state index in [9.17, 15) is 14.7 Å². The molecule has 5 rings (SSSR count). The molecule has 0 saturated carbocycles. The minimum absolute atomic E-state index is 0.320. The number of para-hydroxylation sites is 1. The van der Waals surface area contributed by atoms with Crippen molar-refractivity contribution in [2.75, 3.05) is 5.01 Å². The minimum Gasteiger partial charge on any atom is -0.480 e. The van der Waals surface area contributed by atoms with Crippen LogP contribution in [0.15, 0.2) is 114 Å². The van der Waals surface area contributed by atoms with Gasteiger partial charge < -0.3 is 19.7 Å². The SMILES string of the molecule is Cc1noc(-c2ccc(CN[C@H](Cc3ccc(Cl)cc3)C(=O)O)cc2)c1N(NC(=O)OC(C)c1ccccc1)c1ccccc1. The van der Waals surface area contributed by atoms with E-state index >= 15 is 0 Å². The largest absolute Gasteiger partial charge is 0.480 e. The Balaban J connectivity index is 1.33. The van der Waals surface area contributed by atoms with Crippen molar-refractivity contribution < 1.29 is 24.0 Å². The standard InChI is InChI=1S/C35H33ClN4O5/c1-23-32(40(30-11-7-4-8-12-30)38-35(43)44-24(2)27-9-5-3-6-10-27)33(45-39-23)28-17-13-26(14-18-28)22-37-31(34(41)42)21-25-15-19-29(36)20-16-25/h3-20,24,31,37H,21-22H2,1-2H3,(H,38,43)(H,41,42)/t24?,31-/m1/s1. The van der Waals surface area contributed by atoms with Crippen molar-refractivity contribution in [1.29, 1.82) is 0 Å². The summed E-state index contributed by atoms with van der Waals surface area (Å²) in [5, 5.41) is 19.3. The Hall–Kier alpha value is -5.12. The summed E-state index contributed by atoms with van der Waals surface area (Å²) in [6.07, 6.45) is -0.796. The first-order chi connectivity index (χ1) is 21.8. The number of hydrogen-bond acceptors (Lipinski definition) is 7. The zero-order valence-electron chi connectivity index (χ0n) is 24.8. The summed E-state index contributed by atoms with van der Waals surface area (Å²) < 4.78 is 11.5. The van der Waals surface area contributed by atoms with E-state index in [2.05, 4.69) is 15.9 Å². The molecule has 1 heterocycles. The number of rotatable bonds is 12. The number of benzene rings is 4. The number of nitrogens with zero attached hydrogens (tertiary/aromatic N) is 2. The van der Waals surface area contributed by atoms with Gasteiger partial charge in [0.2, 0.25) is 0 Å². The van der Waals surface area contributed by atoms with E-state index in [0.717, 1.165) is 22.3 Å². The van der Waals surface area contributed by atoms with Crippen molar-refractivity contribution in [3.05, 3.63) is 137 Å². The number of carbonyl (C=O) groups excluding carboxylic acids is 1. The van der Waals surface area contributed by atoms with Gasteiger partial charge in [0.25, 0.3) is 0 Å². The van der Waals surface area contributed by atoms with Crippen LogP contribution in [0.4, 0.5) is 16.2 Å². The molecule has 0 aliphatic rings. The van der Waals surface area contributed by atoms with Gasteiger partial charge in [-0.25, -0.2) is 15.2 Å². The average molecular weight is 625 g/mol. The molecule has 0 radical (unpaired) electrons. The lowest BCUT2D eigenvalue weighted by Crippen LogP contribution is -2.40. The van der Waals surface area contributed by atoms with Crippen LogP contribution in [-0.4, -0.2) is 28.4 Å². The fourth-order valence-corrected chi connectivity index (χ4v) is 4.96. The van der Waals surface area contributed by atoms with Crippen molar-refractivity contribution in [3.63, 3.8) is 0 Å². The smallest absolute Gasteiger partial charge is 0.427 e. The highest BCUT2D eigenvalue weighted by atomic mass is 35.5. The van der Waals surface area contributed by atoms with Gasteiger partial charge in [0, 0.05) is 17.1 Å². The summed E-state index contributed by atoms with van der Waals surface area (Å²) in [7, 11) is 0. The van der Waals surface area contributed by atoms with Gasteiger partial charge in [0.15, 0.2) is 5.76 Å². The van der Waals surface area contributed by atoms with E-state index in [1.54, 1.807) is 24.1 Å². The number of amides is 1. The number of carbonyl (C=O) groups is 2. The van der Waals surface area contributed by atoms with Gasteiger partial charge in [-0.2, -0.15) is 0 Å². The number of hydrogen-bond donors (Lipinski definition) is 3. The second-order valence-corrected chi connectivity index (χ2v) is 10.9. The van der Waals surface area contributed by atoms with Crippen LogP contribution in [0, 0.1) is 6.92 Å². The van der Waals surface area contributed by atoms with Gasteiger partial charge >= 0.3 is 12.1 Å². The van der Waals surface area contributed by atoms with Crippen LogP contribution in [0.2, 0.25) is 5.02 Å². The van der Waals surface area contributed by atoms with Crippen molar-refractivity contribution in [3.8, 4) is 11.3 Å². The molecule has 0 fully saturated rings. The highest BCUT2D eigenvalue weighted by molar-refractivity contribution is 6.30. The van der Waals surface area contributed by atoms with E-state index in [0.29, 0.717) is 40.8 Å². The molecule has 0 saturated heterocycles. The molecule has 4 aromatic carbocycles. The number of carboxylic acid groups (broad SMARTS) is 1. The van der Waals surface area contributed by atoms with Crippen LogP contribution < -0.4 is 15.8 Å². The average Bonchev–Trinajstić information content (AvgIpc) is 3.44. The zero-order valence-corrected chi connectivity index (χ0v) is 25.6. The predicted molar refractivity (Wildman–Crippen MR) is 173 cm³/mol. The summed E-state index contributed by atoms with van der Waals surface area (Å²) in [6.45, 7) is 3.95. The van der Waals surface area contributed by atoms with Crippen LogP contribution in [0.5, 0.6) is 0 Å². The second-order valence-electron chi connectivity index (χ2n) is 10.5. The van der Waals surface area contributed by atoms with E-state index in [4.69, 9.17) is 20.9 Å². The first-order valence-electron chi connectivity index (χ1n) is 14.4. The fraction of sp³-hybridized carbons (Fsp3) is 0.171. The molecule has 10 heteroatoms. The third kappa shape index (κ3) is 8.08. The summed E-state index contributed by atoms with van der Waals surface area (Å²) >= 11 is 5.96. The molecule has 1 amide bonds. The molecule has 45 heavy (non-hydrogen) atoms. The van der Waals surface area contributed by atoms with E-state index in [1.165, 1.54) is 0 Å². The maximum atomic E-state index is 13.1. The van der Waals surface area contributed by atoms with Gasteiger partial charge in [-0.1, -0.05) is 102 Å². The molecule has 3 N–H and O–H groups in total. The topological polar surface area (TPSA) is 117 Å². The number of carboxylic acids is 1. The Bertz CT molecular complexity index is 1710. The molecule has 0 spiro atoms. The summed E-state index contributed by atoms with van der Waals surface area (Å²) in [5.41, 5.74) is 7.99. The Morgan fingerprint density at radius 3 is 2.18 bits per heavy atom. The van der Waals surface area contributed by atoms with Crippen LogP contribution in [-0.2, 0) is 22.5 Å². The number of aromatic nitrogens is 1. The van der Waals surface area contributed by atoms with Crippen molar-refractivity contribution in [1.82, 2.24) is 15.9 Å². The third-order valence-corrected chi connectivity index (χ3v) is 7.50. The molecule has 5 aromatic rings. The Morgan fingerprint density at radius 1 is 0.911 bits per heavy atom. The summed E-state index contributed by atoms with van der Waals surface area (Å²) in [6, 6.07) is 32.7. The zero-order chi connectivity index (χ0) is 31.8. The first-order valence-corrected chi connectivity index (χ1v) is 14.8. The quantitative estimate of drug-likeness (QED) is 0.121. The number of ether oxygens (including phenoxy) is 1. The summed E-state index contributed by atoms with van der Waals surface area (Å²) in [4.78, 5) is 25.0. The fourth-order valence-electron chi connectivity index (χ4n) is 4.83. The van der Waals surface area contributed by atoms with Gasteiger partial charge in [0.1, 0.15) is 23.5 Å². The van der Waals surface area contributed by atoms with Crippen LogP contribution in [0.3, 0.4) is 0 Å². The Kier molecular flexibility index (Phi) is 10.1. The highest BCUT2D eigenvalue weighted by Crippen LogP contribution is 2.37.